The Hall–Kier alpha value is -3.17. The van der Waals surface area contributed by atoms with Crippen LogP contribution in [-0.2, 0) is 15.9 Å². The average molecular weight is 479 g/mol. The van der Waals surface area contributed by atoms with Gasteiger partial charge >= 0.3 is 0 Å². The van der Waals surface area contributed by atoms with Crippen molar-refractivity contribution in [2.45, 2.75) is 32.2 Å². The molecule has 2 N–H and O–H groups in total. The first kappa shape index (κ1) is 23.6. The highest BCUT2D eigenvalue weighted by Gasteiger charge is 2.21. The number of fused-ring (bicyclic) bond motifs is 1. The summed E-state index contributed by atoms with van der Waals surface area (Å²) in [6.45, 7) is 6.80. The van der Waals surface area contributed by atoms with Crippen LogP contribution in [0.4, 0.5) is 17.3 Å². The Morgan fingerprint density at radius 2 is 1.80 bits per heavy atom. The molecule has 0 amide bonds. The zero-order valence-electron chi connectivity index (χ0n) is 20.8. The molecule has 2 aliphatic heterocycles. The topological polar surface area (TPSA) is 93.7 Å². The molecule has 0 radical (unpaired) electrons. The van der Waals surface area contributed by atoms with Crippen LogP contribution in [0.25, 0.3) is 22.2 Å². The first-order valence-electron chi connectivity index (χ1n) is 12.4. The number of hydrogen-bond acceptors (Lipinski definition) is 9. The number of rotatable bonds is 7. The molecule has 0 spiro atoms. The van der Waals surface area contributed by atoms with Crippen molar-refractivity contribution in [3.63, 3.8) is 0 Å². The van der Waals surface area contributed by atoms with E-state index in [9.17, 15) is 0 Å². The molecule has 5 rings (SSSR count). The number of morpholine rings is 1. The predicted octanol–water partition coefficient (Wildman–Crippen LogP) is 3.73. The van der Waals surface area contributed by atoms with E-state index in [0.29, 0.717) is 6.04 Å². The van der Waals surface area contributed by atoms with E-state index in [2.05, 4.69) is 45.6 Å². The average Bonchev–Trinajstić information content (AvgIpc) is 2.92. The minimum atomic E-state index is 0.336. The van der Waals surface area contributed by atoms with Crippen LogP contribution in [0.15, 0.2) is 24.4 Å². The molecule has 0 atom stereocenters. The van der Waals surface area contributed by atoms with E-state index in [1.807, 2.05) is 13.2 Å². The molecule has 0 aliphatic carbocycles. The van der Waals surface area contributed by atoms with Crippen molar-refractivity contribution in [3.05, 3.63) is 30.1 Å². The maximum absolute atomic E-state index is 5.80. The molecule has 0 saturated carbocycles. The molecule has 2 saturated heterocycles. The molecule has 0 unspecified atom stereocenters. The fourth-order valence-electron chi connectivity index (χ4n) is 4.78. The molecule has 2 aromatic heterocycles. The van der Waals surface area contributed by atoms with Crippen LogP contribution < -0.4 is 20.3 Å². The lowest BCUT2D eigenvalue weighted by atomic mass is 10.0. The van der Waals surface area contributed by atoms with E-state index in [1.165, 1.54) is 0 Å². The highest BCUT2D eigenvalue weighted by molar-refractivity contribution is 5.98. The molecule has 1 aromatic carbocycles. The van der Waals surface area contributed by atoms with Crippen molar-refractivity contribution in [1.82, 2.24) is 15.0 Å². The third-order valence-corrected chi connectivity index (χ3v) is 6.75. The first-order valence-corrected chi connectivity index (χ1v) is 12.4. The summed E-state index contributed by atoms with van der Waals surface area (Å²) in [6, 6.07) is 6.64. The SMILES string of the molecule is CCc1nc2c(NC)ncc(-c3ccc(N4CCOCC4)c(OC)c3)c2nc1NC1CCOCC1. The van der Waals surface area contributed by atoms with Gasteiger partial charge in [0.05, 0.1) is 31.7 Å². The van der Waals surface area contributed by atoms with Gasteiger partial charge in [0, 0.05) is 51.2 Å². The fraction of sp³-hybridized carbons (Fsp3) is 0.500. The maximum Gasteiger partial charge on any atom is 0.153 e. The second-order valence-corrected chi connectivity index (χ2v) is 8.86. The van der Waals surface area contributed by atoms with Crippen LogP contribution in [0, 0.1) is 0 Å². The quantitative estimate of drug-likeness (QED) is 0.527. The molecule has 186 valence electrons. The van der Waals surface area contributed by atoms with Gasteiger partial charge in [0.1, 0.15) is 22.6 Å². The Morgan fingerprint density at radius 1 is 1.03 bits per heavy atom. The minimum absolute atomic E-state index is 0.336. The Bertz CT molecular complexity index is 1180. The van der Waals surface area contributed by atoms with E-state index in [0.717, 1.165) is 110 Å². The fourth-order valence-corrected chi connectivity index (χ4v) is 4.78. The highest BCUT2D eigenvalue weighted by atomic mass is 16.5. The van der Waals surface area contributed by atoms with Gasteiger partial charge in [-0.25, -0.2) is 15.0 Å². The maximum atomic E-state index is 5.80. The molecule has 4 heterocycles. The highest BCUT2D eigenvalue weighted by Crippen LogP contribution is 2.37. The van der Waals surface area contributed by atoms with Crippen molar-refractivity contribution in [1.29, 1.82) is 0 Å². The number of aryl methyl sites for hydroxylation is 1. The lowest BCUT2D eigenvalue weighted by molar-refractivity contribution is 0.0903. The van der Waals surface area contributed by atoms with Gasteiger partial charge in [-0.3, -0.25) is 0 Å². The smallest absolute Gasteiger partial charge is 0.153 e. The summed E-state index contributed by atoms with van der Waals surface area (Å²) in [5.41, 5.74) is 5.53. The van der Waals surface area contributed by atoms with Crippen LogP contribution in [0.2, 0.25) is 0 Å². The Kier molecular flexibility index (Phi) is 7.15. The summed E-state index contributed by atoms with van der Waals surface area (Å²) in [6.07, 6.45) is 4.59. The van der Waals surface area contributed by atoms with Gasteiger partial charge in [0.15, 0.2) is 5.82 Å². The van der Waals surface area contributed by atoms with Gasteiger partial charge in [-0.15, -0.1) is 0 Å². The van der Waals surface area contributed by atoms with E-state index < -0.39 is 0 Å². The number of benzene rings is 1. The molecule has 2 fully saturated rings. The monoisotopic (exact) mass is 478 g/mol. The van der Waals surface area contributed by atoms with Crippen LogP contribution in [0.1, 0.15) is 25.5 Å². The van der Waals surface area contributed by atoms with Crippen molar-refractivity contribution >= 4 is 28.4 Å². The molecule has 3 aromatic rings. The molecule has 0 bridgehead atoms. The number of anilines is 3. The summed E-state index contributed by atoms with van der Waals surface area (Å²) in [5, 5.41) is 6.83. The lowest BCUT2D eigenvalue weighted by Crippen LogP contribution is -2.36. The summed E-state index contributed by atoms with van der Waals surface area (Å²) in [4.78, 5) is 17.1. The number of methoxy groups -OCH3 is 1. The summed E-state index contributed by atoms with van der Waals surface area (Å²) in [7, 11) is 3.58. The number of nitrogens with zero attached hydrogens (tertiary/aromatic N) is 4. The Labute approximate surface area is 206 Å². The Morgan fingerprint density at radius 3 is 2.51 bits per heavy atom. The number of aromatic nitrogens is 3. The predicted molar refractivity (Wildman–Crippen MR) is 139 cm³/mol. The van der Waals surface area contributed by atoms with Crippen LogP contribution in [0.3, 0.4) is 0 Å². The molecule has 35 heavy (non-hydrogen) atoms. The summed E-state index contributed by atoms with van der Waals surface area (Å²) < 4.78 is 16.9. The standard InChI is InChI=1S/C26H34N6O3/c1-4-20-25(29-18-7-11-34-12-8-18)31-23-19(16-28-26(27-2)24(23)30-20)17-5-6-21(22(15-17)33-3)32-9-13-35-14-10-32/h5-6,15-16,18H,4,7-14H2,1-3H3,(H,27,28)(H,29,31). The van der Waals surface area contributed by atoms with Crippen LogP contribution >= 0.6 is 0 Å². The molecular weight excluding hydrogens is 444 g/mol. The number of ether oxygens (including phenoxy) is 3. The zero-order chi connectivity index (χ0) is 24.2. The van der Waals surface area contributed by atoms with Gasteiger partial charge in [0.2, 0.25) is 0 Å². The van der Waals surface area contributed by atoms with E-state index >= 15 is 0 Å². The molecule has 9 nitrogen and oxygen atoms in total. The zero-order valence-corrected chi connectivity index (χ0v) is 20.8. The van der Waals surface area contributed by atoms with Gasteiger partial charge in [-0.2, -0.15) is 0 Å². The van der Waals surface area contributed by atoms with E-state index in [-0.39, 0.29) is 0 Å². The molecular formula is C26H34N6O3. The van der Waals surface area contributed by atoms with Gasteiger partial charge in [-0.1, -0.05) is 13.0 Å². The van der Waals surface area contributed by atoms with Gasteiger partial charge < -0.3 is 29.7 Å². The number of pyridine rings is 1. The molecule has 2 aliphatic rings. The van der Waals surface area contributed by atoms with Crippen molar-refractivity contribution in [3.8, 4) is 16.9 Å². The van der Waals surface area contributed by atoms with Gasteiger partial charge in [-0.05, 0) is 37.0 Å². The second kappa shape index (κ2) is 10.6. The summed E-state index contributed by atoms with van der Waals surface area (Å²) >= 11 is 0. The minimum Gasteiger partial charge on any atom is -0.495 e. The van der Waals surface area contributed by atoms with Crippen LogP contribution in [-0.4, -0.2) is 74.7 Å². The number of hydrogen-bond donors (Lipinski definition) is 2. The third-order valence-electron chi connectivity index (χ3n) is 6.75. The third kappa shape index (κ3) is 4.83. The van der Waals surface area contributed by atoms with Crippen molar-refractivity contribution in [2.24, 2.45) is 0 Å². The molecule has 9 heteroatoms. The van der Waals surface area contributed by atoms with E-state index in [1.54, 1.807) is 7.11 Å². The Balaban J connectivity index is 1.59. The summed E-state index contributed by atoms with van der Waals surface area (Å²) in [5.74, 6) is 2.40. The van der Waals surface area contributed by atoms with Crippen molar-refractivity contribution in [2.75, 3.05) is 69.2 Å². The van der Waals surface area contributed by atoms with Crippen molar-refractivity contribution < 1.29 is 14.2 Å². The largest absolute Gasteiger partial charge is 0.495 e. The number of nitrogens with one attached hydrogen (secondary N) is 2. The lowest BCUT2D eigenvalue weighted by Gasteiger charge is -2.30. The van der Waals surface area contributed by atoms with Gasteiger partial charge in [0.25, 0.3) is 0 Å². The first-order chi connectivity index (χ1) is 17.2. The normalized spacial score (nSPS) is 16.9. The van der Waals surface area contributed by atoms with Crippen LogP contribution in [0.5, 0.6) is 5.75 Å². The second-order valence-electron chi connectivity index (χ2n) is 8.86. The van der Waals surface area contributed by atoms with E-state index in [4.69, 9.17) is 24.2 Å².